The largest absolute Gasteiger partial charge is 0.497 e. The number of hydrogen-bond donors (Lipinski definition) is 1. The minimum atomic E-state index is -4.88. The van der Waals surface area contributed by atoms with Crippen LogP contribution in [-0.4, -0.2) is 111 Å². The van der Waals surface area contributed by atoms with E-state index in [4.69, 9.17) is 18.6 Å². The second kappa shape index (κ2) is 20.5. The zero-order chi connectivity index (χ0) is 48.1. The first-order valence-electron chi connectivity index (χ1n) is 20.7. The van der Waals surface area contributed by atoms with Gasteiger partial charge >= 0.3 is 6.09 Å². The summed E-state index contributed by atoms with van der Waals surface area (Å²) >= 11 is 1.95. The fraction of sp³-hybridized carbons (Fsp3) is 0.422. The molecule has 5 aromatic rings. The molecule has 0 saturated carbocycles. The lowest BCUT2D eigenvalue weighted by molar-refractivity contribution is 0.0964. The van der Waals surface area contributed by atoms with Crippen LogP contribution in [0.25, 0.3) is 11.4 Å². The van der Waals surface area contributed by atoms with Crippen LogP contribution in [0.2, 0.25) is 18.1 Å². The Bertz CT molecular complexity index is 2600. The molecule has 1 amide bonds. The molecule has 0 fully saturated rings. The Morgan fingerprint density at radius 1 is 0.769 bits per heavy atom. The Hall–Kier alpha value is -4.61. The van der Waals surface area contributed by atoms with Crippen LogP contribution in [0.1, 0.15) is 58.2 Å². The van der Waals surface area contributed by atoms with E-state index in [0.29, 0.717) is 31.9 Å². The lowest BCUT2D eigenvalue weighted by Gasteiger charge is -2.39. The van der Waals surface area contributed by atoms with Crippen molar-refractivity contribution in [2.75, 3.05) is 34.5 Å². The van der Waals surface area contributed by atoms with E-state index in [2.05, 4.69) is 15.4 Å². The number of carbonyl (C=O) groups is 1. The number of tetrazole rings is 1. The molecule has 4 aromatic carbocycles. The number of sulfonamides is 1. The number of methoxy groups -OCH3 is 3. The van der Waals surface area contributed by atoms with Crippen LogP contribution >= 0.6 is 22.6 Å². The highest BCUT2D eigenvalue weighted by molar-refractivity contribution is 14.1. The van der Waals surface area contributed by atoms with Crippen LogP contribution < -0.4 is 14.2 Å². The van der Waals surface area contributed by atoms with Gasteiger partial charge in [-0.15, -0.1) is 10.2 Å². The monoisotopic (exact) mass is 1060 g/mol. The summed E-state index contributed by atoms with van der Waals surface area (Å²) in [7, 11) is -7.74. The average molecular weight is 1060 g/mol. The summed E-state index contributed by atoms with van der Waals surface area (Å²) < 4.78 is 87.2. The molecule has 0 aliphatic carbocycles. The molecule has 0 spiro atoms. The highest BCUT2D eigenvalue weighted by Gasteiger charge is 2.44. The summed E-state index contributed by atoms with van der Waals surface area (Å²) in [5, 5.41) is 21.8. The number of rotatable bonds is 19. The summed E-state index contributed by atoms with van der Waals surface area (Å²) in [5.41, 5.74) is 0.849. The van der Waals surface area contributed by atoms with E-state index < -0.39 is 68.0 Å². The van der Waals surface area contributed by atoms with E-state index in [1.807, 2.05) is 68.6 Å². The molecule has 0 aliphatic heterocycles. The van der Waals surface area contributed by atoms with Crippen molar-refractivity contribution in [1.82, 2.24) is 29.4 Å². The molecular formula is C45H59IN6O10S2Si. The predicted octanol–water partition coefficient (Wildman–Crippen LogP) is 8.35. The van der Waals surface area contributed by atoms with Crippen LogP contribution in [0.15, 0.2) is 94.7 Å². The van der Waals surface area contributed by atoms with Crippen molar-refractivity contribution in [3.8, 4) is 28.6 Å². The zero-order valence-electron chi connectivity index (χ0n) is 38.7. The van der Waals surface area contributed by atoms with Crippen LogP contribution in [0.5, 0.6) is 17.2 Å². The summed E-state index contributed by atoms with van der Waals surface area (Å²) in [6.45, 7) is 13.8. The fourth-order valence-electron chi connectivity index (χ4n) is 6.54. The normalized spacial score (nSPS) is 13.1. The van der Waals surface area contributed by atoms with Crippen molar-refractivity contribution in [1.29, 1.82) is 0 Å². The van der Waals surface area contributed by atoms with Gasteiger partial charge < -0.3 is 28.6 Å². The van der Waals surface area contributed by atoms with E-state index >= 15 is 16.8 Å². The molecule has 1 atom stereocenters. The van der Waals surface area contributed by atoms with Crippen molar-refractivity contribution in [3.05, 3.63) is 105 Å². The molecule has 0 aliphatic rings. The SMILES string of the molecule is COc1ccc(CN(Cc2ccc(OC)cc2)S(=O)(=O)c2c(S(=O)(=O)[C@H](CO[Si](C)(C)C(C)(C)C)CN(C(=O)O)C(C)(C)C)ccc(I)c2-c2nnn(Cc3ccc(OC)cc3)n2)cc1. The highest BCUT2D eigenvalue weighted by atomic mass is 127. The lowest BCUT2D eigenvalue weighted by atomic mass is 10.1. The maximum absolute atomic E-state index is 15.9. The van der Waals surface area contributed by atoms with Crippen molar-refractivity contribution in [2.24, 2.45) is 0 Å². The standard InChI is InChI=1S/C45H59IN6O10S2Si/c1-44(2,3)51(43(53)54)29-37(30-62-65(10,11)45(4,5)6)63(55,56)39-25-24-38(46)40(42-47-49-52(48-42)28-33-16-22-36(61-9)23-17-33)41(39)64(57,58)50(26-31-12-18-34(59-7)19-13-31)27-32-14-20-35(60-8)21-15-32/h12-25,37H,26-30H2,1-11H3,(H,53,54)/t37-/m0/s1. The molecule has 1 N–H and O–H groups in total. The van der Waals surface area contributed by atoms with Gasteiger partial charge in [0.05, 0.1) is 44.9 Å². The number of sulfone groups is 1. The molecule has 1 heterocycles. The van der Waals surface area contributed by atoms with E-state index in [9.17, 15) is 9.90 Å². The van der Waals surface area contributed by atoms with Gasteiger partial charge in [0.15, 0.2) is 18.2 Å². The van der Waals surface area contributed by atoms with Crippen LogP contribution in [0, 0.1) is 3.57 Å². The third kappa shape index (κ3) is 12.2. The van der Waals surface area contributed by atoms with Gasteiger partial charge in [0.1, 0.15) is 27.4 Å². The molecule has 16 nitrogen and oxygen atoms in total. The third-order valence-corrected chi connectivity index (χ3v) is 21.0. The first kappa shape index (κ1) is 51.4. The number of benzene rings is 4. The van der Waals surface area contributed by atoms with Crippen molar-refractivity contribution in [2.45, 2.75) is 99.9 Å². The van der Waals surface area contributed by atoms with Crippen LogP contribution in [0.3, 0.4) is 0 Å². The molecule has 0 bridgehead atoms. The number of carboxylic acid groups (broad SMARTS) is 1. The van der Waals surface area contributed by atoms with E-state index in [-0.39, 0.29) is 36.1 Å². The van der Waals surface area contributed by atoms with Crippen molar-refractivity contribution in [3.63, 3.8) is 0 Å². The summed E-state index contributed by atoms with van der Waals surface area (Å²) in [6.07, 6.45) is -1.34. The molecule has 0 radical (unpaired) electrons. The Morgan fingerprint density at radius 2 is 1.25 bits per heavy atom. The van der Waals surface area contributed by atoms with Gasteiger partial charge in [-0.3, -0.25) is 0 Å². The minimum Gasteiger partial charge on any atom is -0.497 e. The highest BCUT2D eigenvalue weighted by Crippen LogP contribution is 2.41. The number of ether oxygens (including phenoxy) is 3. The zero-order valence-corrected chi connectivity index (χ0v) is 43.5. The Morgan fingerprint density at radius 3 is 1.68 bits per heavy atom. The molecule has 352 valence electrons. The molecule has 65 heavy (non-hydrogen) atoms. The Kier molecular flexibility index (Phi) is 16.2. The lowest BCUT2D eigenvalue weighted by Crippen LogP contribution is -2.52. The van der Waals surface area contributed by atoms with E-state index in [1.54, 1.807) is 88.5 Å². The Labute approximate surface area is 397 Å². The predicted molar refractivity (Wildman–Crippen MR) is 259 cm³/mol. The van der Waals surface area contributed by atoms with Crippen LogP contribution in [0.4, 0.5) is 4.79 Å². The maximum Gasteiger partial charge on any atom is 0.407 e. The van der Waals surface area contributed by atoms with Gasteiger partial charge in [-0.05, 0) is 132 Å². The second-order valence-electron chi connectivity index (χ2n) is 18.0. The molecule has 20 heteroatoms. The van der Waals surface area contributed by atoms with Crippen LogP contribution in [-0.2, 0) is 43.9 Å². The molecular weight excluding hydrogens is 1000 g/mol. The smallest absolute Gasteiger partial charge is 0.407 e. The van der Waals surface area contributed by atoms with Gasteiger partial charge in [-0.2, -0.15) is 9.10 Å². The fourth-order valence-corrected chi connectivity index (χ4v) is 12.5. The van der Waals surface area contributed by atoms with Gasteiger partial charge in [-0.1, -0.05) is 57.2 Å². The molecule has 0 unspecified atom stereocenters. The van der Waals surface area contributed by atoms with Crippen molar-refractivity contribution < 1.29 is 45.4 Å². The topological polar surface area (TPSA) is 193 Å². The molecule has 5 rings (SSSR count). The van der Waals surface area contributed by atoms with E-state index in [1.165, 1.54) is 35.5 Å². The summed E-state index contributed by atoms with van der Waals surface area (Å²) in [4.78, 5) is 14.0. The number of amides is 1. The van der Waals surface area contributed by atoms with E-state index in [0.717, 1.165) is 10.5 Å². The number of halogens is 1. The number of hydrogen-bond acceptors (Lipinski definition) is 12. The van der Waals surface area contributed by atoms with Gasteiger partial charge in [0.25, 0.3) is 0 Å². The van der Waals surface area contributed by atoms with Gasteiger partial charge in [-0.25, -0.2) is 21.6 Å². The Balaban J connectivity index is 1.80. The summed E-state index contributed by atoms with van der Waals surface area (Å²) in [6, 6.07) is 23.7. The average Bonchev–Trinajstić information content (AvgIpc) is 3.70. The maximum atomic E-state index is 15.9. The summed E-state index contributed by atoms with van der Waals surface area (Å²) in [5.74, 6) is 1.64. The van der Waals surface area contributed by atoms with Crippen molar-refractivity contribution >= 4 is 56.9 Å². The quantitative estimate of drug-likeness (QED) is 0.0614. The minimum absolute atomic E-state index is 0.0860. The second-order valence-corrected chi connectivity index (χ2v) is 28.1. The number of aromatic nitrogens is 4. The van der Waals surface area contributed by atoms with Gasteiger partial charge in [0.2, 0.25) is 15.8 Å². The number of nitrogens with zero attached hydrogens (tertiary/aromatic N) is 6. The molecule has 0 saturated heterocycles. The first-order chi connectivity index (χ1) is 30.3. The third-order valence-electron chi connectivity index (χ3n) is 11.5. The first-order valence-corrected chi connectivity index (χ1v) is 27.7. The van der Waals surface area contributed by atoms with Gasteiger partial charge in [0, 0.05) is 28.7 Å². The molecule has 1 aromatic heterocycles.